The van der Waals surface area contributed by atoms with Crippen LogP contribution in [0.25, 0.3) is 0 Å². The molecule has 0 spiro atoms. The number of ketones is 1. The second kappa shape index (κ2) is 16.1. The molecule has 0 aliphatic heterocycles. The number of Topliss-reactive ketones (excluding diaryl/α,β-unsaturated/α-hetero) is 1. The number of aliphatic hydroxyl groups excluding tert-OH is 3. The van der Waals surface area contributed by atoms with Gasteiger partial charge in [-0.3, -0.25) is 4.79 Å². The first-order chi connectivity index (χ1) is 20.5. The molecule has 0 heterocycles. The van der Waals surface area contributed by atoms with Crippen LogP contribution in [0.15, 0.2) is 130 Å². The van der Waals surface area contributed by atoms with E-state index in [0.29, 0.717) is 18.4 Å². The van der Waals surface area contributed by atoms with E-state index in [4.69, 9.17) is 0 Å². The highest BCUT2D eigenvalue weighted by Gasteiger charge is 2.40. The minimum absolute atomic E-state index is 0.173. The summed E-state index contributed by atoms with van der Waals surface area (Å²) in [5.74, 6) is -0.173. The Bertz CT molecular complexity index is 1410. The van der Waals surface area contributed by atoms with E-state index in [-0.39, 0.29) is 11.2 Å². The van der Waals surface area contributed by atoms with Gasteiger partial charge in [0.25, 0.3) is 0 Å². The monoisotopic (exact) mass is 598 g/mol. The molecule has 4 nitrogen and oxygen atoms in total. The van der Waals surface area contributed by atoms with Crippen LogP contribution >= 0.6 is 0 Å². The molecule has 238 valence electrons. The minimum atomic E-state index is -0.905. The largest absolute Gasteiger partial charge is 0.390 e. The summed E-state index contributed by atoms with van der Waals surface area (Å²) >= 11 is 0. The molecule has 0 amide bonds. The highest BCUT2D eigenvalue weighted by molar-refractivity contribution is 6.00. The molecule has 0 bridgehead atoms. The lowest BCUT2D eigenvalue weighted by Gasteiger charge is -2.40. The lowest BCUT2D eigenvalue weighted by Crippen LogP contribution is -2.44. The van der Waals surface area contributed by atoms with Crippen molar-refractivity contribution in [2.24, 2.45) is 10.8 Å². The van der Waals surface area contributed by atoms with Crippen molar-refractivity contribution in [1.82, 2.24) is 0 Å². The predicted octanol–water partition coefficient (Wildman–Crippen LogP) is 8.70. The molecule has 2 rings (SSSR count). The molecule has 0 fully saturated rings. The summed E-state index contributed by atoms with van der Waals surface area (Å²) in [6.45, 7) is 20.1. The fourth-order valence-corrected chi connectivity index (χ4v) is 5.78. The van der Waals surface area contributed by atoms with E-state index in [2.05, 4.69) is 77.2 Å². The Morgan fingerprint density at radius 3 is 1.61 bits per heavy atom. The third-order valence-electron chi connectivity index (χ3n) is 8.57. The number of carbonyl (C=O) groups is 1. The molecular formula is C40H54O4. The third-order valence-corrected chi connectivity index (χ3v) is 8.57. The number of carbonyl (C=O) groups excluding carboxylic acids is 1. The summed E-state index contributed by atoms with van der Waals surface area (Å²) in [5.41, 5.74) is 7.54. The van der Waals surface area contributed by atoms with Crippen molar-refractivity contribution in [2.75, 3.05) is 0 Å². The quantitative estimate of drug-likeness (QED) is 0.220. The van der Waals surface area contributed by atoms with Crippen LogP contribution in [-0.2, 0) is 4.79 Å². The molecule has 0 aromatic rings. The van der Waals surface area contributed by atoms with Gasteiger partial charge in [-0.15, -0.1) is 0 Å². The maximum absolute atomic E-state index is 12.2. The Morgan fingerprint density at radius 2 is 1.11 bits per heavy atom. The zero-order valence-electron chi connectivity index (χ0n) is 28.5. The van der Waals surface area contributed by atoms with Crippen molar-refractivity contribution in [3.63, 3.8) is 0 Å². The molecule has 2 aliphatic rings. The lowest BCUT2D eigenvalue weighted by molar-refractivity contribution is -0.125. The number of aliphatic hydroxyl groups is 3. The predicted molar refractivity (Wildman–Crippen MR) is 186 cm³/mol. The Kier molecular flexibility index (Phi) is 13.5. The van der Waals surface area contributed by atoms with Gasteiger partial charge in [0.05, 0.1) is 12.2 Å². The van der Waals surface area contributed by atoms with Crippen LogP contribution < -0.4 is 0 Å². The Hall–Kier alpha value is -3.31. The van der Waals surface area contributed by atoms with Gasteiger partial charge in [0, 0.05) is 5.41 Å². The van der Waals surface area contributed by atoms with Crippen molar-refractivity contribution in [3.8, 4) is 0 Å². The number of hydrogen-bond acceptors (Lipinski definition) is 4. The first kappa shape index (κ1) is 36.9. The van der Waals surface area contributed by atoms with Crippen LogP contribution in [0.2, 0.25) is 0 Å². The zero-order chi connectivity index (χ0) is 33.2. The van der Waals surface area contributed by atoms with Gasteiger partial charge in [0.1, 0.15) is 6.10 Å². The van der Waals surface area contributed by atoms with E-state index < -0.39 is 23.7 Å². The summed E-state index contributed by atoms with van der Waals surface area (Å²) in [4.78, 5) is 12.2. The van der Waals surface area contributed by atoms with Crippen molar-refractivity contribution in [2.45, 2.75) is 100 Å². The standard InChI is InChI=1S/C40H54O4/c1-27(17-13-19-29(3)21-23-33-31(5)25-35(41)38(44)40(33,9)10)15-11-12-16-28(2)18-14-20-30(4)22-24-34-32(6)37(43)36(42)26-39(34,7)8/h11-24,35-36,38,41-42,44H,25-26H2,1-10H3. The lowest BCUT2D eigenvalue weighted by atomic mass is 9.69. The number of hydrogen-bond donors (Lipinski definition) is 3. The molecule has 3 atom stereocenters. The minimum Gasteiger partial charge on any atom is -0.390 e. The van der Waals surface area contributed by atoms with E-state index in [1.54, 1.807) is 6.92 Å². The summed E-state index contributed by atoms with van der Waals surface area (Å²) in [7, 11) is 0. The van der Waals surface area contributed by atoms with Crippen LogP contribution in [0.3, 0.4) is 0 Å². The first-order valence-corrected chi connectivity index (χ1v) is 15.5. The van der Waals surface area contributed by atoms with Crippen LogP contribution in [0, 0.1) is 10.8 Å². The second-order valence-corrected chi connectivity index (χ2v) is 13.6. The van der Waals surface area contributed by atoms with E-state index in [9.17, 15) is 20.1 Å². The van der Waals surface area contributed by atoms with E-state index in [1.165, 1.54) is 0 Å². The smallest absolute Gasteiger partial charge is 0.187 e. The van der Waals surface area contributed by atoms with Gasteiger partial charge >= 0.3 is 0 Å². The summed E-state index contributed by atoms with van der Waals surface area (Å²) in [6, 6.07) is 0. The fraction of sp³-hybridized carbons (Fsp3) is 0.425. The maximum Gasteiger partial charge on any atom is 0.187 e. The molecule has 44 heavy (non-hydrogen) atoms. The van der Waals surface area contributed by atoms with Crippen molar-refractivity contribution >= 4 is 5.78 Å². The van der Waals surface area contributed by atoms with E-state index in [0.717, 1.165) is 39.0 Å². The molecule has 2 aliphatic carbocycles. The van der Waals surface area contributed by atoms with Gasteiger partial charge in [0.15, 0.2) is 5.78 Å². The highest BCUT2D eigenvalue weighted by atomic mass is 16.3. The average molecular weight is 599 g/mol. The molecule has 0 aromatic carbocycles. The van der Waals surface area contributed by atoms with Crippen LogP contribution in [-0.4, -0.2) is 39.4 Å². The first-order valence-electron chi connectivity index (χ1n) is 15.5. The van der Waals surface area contributed by atoms with Gasteiger partial charge in [-0.2, -0.15) is 0 Å². The van der Waals surface area contributed by atoms with Gasteiger partial charge in [-0.1, -0.05) is 141 Å². The molecular weight excluding hydrogens is 544 g/mol. The molecule has 0 saturated heterocycles. The zero-order valence-corrected chi connectivity index (χ0v) is 28.5. The molecule has 3 unspecified atom stereocenters. The number of rotatable bonds is 10. The van der Waals surface area contributed by atoms with Crippen LogP contribution in [0.4, 0.5) is 0 Å². The summed E-state index contributed by atoms with van der Waals surface area (Å²) in [5, 5.41) is 30.6. The average Bonchev–Trinajstić information content (AvgIpc) is 2.92. The van der Waals surface area contributed by atoms with Gasteiger partial charge in [-0.05, 0) is 76.5 Å². The van der Waals surface area contributed by atoms with E-state index >= 15 is 0 Å². The molecule has 0 radical (unpaired) electrons. The topological polar surface area (TPSA) is 77.8 Å². The Morgan fingerprint density at radius 1 is 0.682 bits per heavy atom. The third kappa shape index (κ3) is 10.4. The summed E-state index contributed by atoms with van der Waals surface area (Å²) < 4.78 is 0. The number of allylic oxidation sites excluding steroid dienone is 19. The fourth-order valence-electron chi connectivity index (χ4n) is 5.78. The normalized spacial score (nSPS) is 26.2. The van der Waals surface area contributed by atoms with Gasteiger partial charge in [0.2, 0.25) is 0 Å². The van der Waals surface area contributed by atoms with Gasteiger partial charge in [-0.25, -0.2) is 0 Å². The SMILES string of the molecule is CC(C=CC=C(C)C=CC1=C(C)C(=O)C(O)CC1(C)C)=CC=CC=C(C)C=CC=C(C)C=CC1=C(C)CC(O)C(O)C1(C)C. The van der Waals surface area contributed by atoms with Crippen LogP contribution in [0.5, 0.6) is 0 Å². The molecule has 0 aromatic heterocycles. The van der Waals surface area contributed by atoms with Crippen molar-refractivity contribution in [3.05, 3.63) is 130 Å². The summed E-state index contributed by atoms with van der Waals surface area (Å²) in [6.07, 6.45) is 27.2. The van der Waals surface area contributed by atoms with Crippen LogP contribution in [0.1, 0.15) is 82.1 Å². The molecule has 3 N–H and O–H groups in total. The Labute approximate surface area is 266 Å². The molecule has 4 heteroatoms. The van der Waals surface area contributed by atoms with Gasteiger partial charge < -0.3 is 15.3 Å². The van der Waals surface area contributed by atoms with E-state index in [1.807, 2.05) is 70.2 Å². The second-order valence-electron chi connectivity index (χ2n) is 13.6. The maximum atomic E-state index is 12.2. The molecule has 0 saturated carbocycles. The highest BCUT2D eigenvalue weighted by Crippen LogP contribution is 2.41. The van der Waals surface area contributed by atoms with Crippen molar-refractivity contribution < 1.29 is 20.1 Å². The Balaban J connectivity index is 1.94. The van der Waals surface area contributed by atoms with Crippen molar-refractivity contribution in [1.29, 1.82) is 0 Å².